The number of piperidine rings is 1. The largest absolute Gasteiger partial charge is 0.389 e. The molecular formula is C32H35NO4S. The number of hydrogen-bond acceptors (Lipinski definition) is 5. The molecule has 1 heterocycles. The minimum Gasteiger partial charge on any atom is -0.389 e. The van der Waals surface area contributed by atoms with Crippen molar-refractivity contribution in [3.63, 3.8) is 0 Å². The number of fused-ring (bicyclic) bond motifs is 1. The van der Waals surface area contributed by atoms with Crippen molar-refractivity contribution in [3.8, 4) is 0 Å². The predicted molar refractivity (Wildman–Crippen MR) is 151 cm³/mol. The van der Waals surface area contributed by atoms with E-state index < -0.39 is 21.4 Å². The maximum atomic E-state index is 13.7. The van der Waals surface area contributed by atoms with Crippen LogP contribution in [0.2, 0.25) is 0 Å². The first-order valence-corrected chi connectivity index (χ1v) is 15.2. The van der Waals surface area contributed by atoms with E-state index in [0.29, 0.717) is 44.2 Å². The molecule has 38 heavy (non-hydrogen) atoms. The van der Waals surface area contributed by atoms with Gasteiger partial charge in [-0.2, -0.15) is 0 Å². The minimum absolute atomic E-state index is 0.0147. The van der Waals surface area contributed by atoms with E-state index in [9.17, 15) is 18.3 Å². The third-order valence-electron chi connectivity index (χ3n) is 7.93. The van der Waals surface area contributed by atoms with Crippen molar-refractivity contribution in [2.75, 3.05) is 12.8 Å². The Labute approximate surface area is 225 Å². The molecule has 3 atom stereocenters. The summed E-state index contributed by atoms with van der Waals surface area (Å²) < 4.78 is 24.6. The Hall–Kier alpha value is -3.06. The van der Waals surface area contributed by atoms with Crippen LogP contribution in [0.4, 0.5) is 0 Å². The van der Waals surface area contributed by atoms with Gasteiger partial charge < -0.3 is 10.4 Å². The van der Waals surface area contributed by atoms with Crippen LogP contribution in [0.3, 0.4) is 0 Å². The summed E-state index contributed by atoms with van der Waals surface area (Å²) >= 11 is 0. The summed E-state index contributed by atoms with van der Waals surface area (Å²) in [5, 5.41) is 15.9. The molecule has 198 valence electrons. The number of benzene rings is 3. The molecule has 3 unspecified atom stereocenters. The van der Waals surface area contributed by atoms with Gasteiger partial charge in [-0.1, -0.05) is 66.7 Å². The summed E-state index contributed by atoms with van der Waals surface area (Å²) in [6, 6.07) is 25.3. The number of Topliss-reactive ketones (excluding diaryl/α,β-unsaturated/α-hetero) is 1. The molecule has 0 spiro atoms. The van der Waals surface area contributed by atoms with Crippen molar-refractivity contribution >= 4 is 21.7 Å². The molecule has 0 saturated carbocycles. The number of aryl methyl sites for hydroxylation is 1. The van der Waals surface area contributed by atoms with E-state index in [1.165, 1.54) is 11.8 Å². The van der Waals surface area contributed by atoms with Crippen molar-refractivity contribution in [2.24, 2.45) is 0 Å². The van der Waals surface area contributed by atoms with Gasteiger partial charge in [0.25, 0.3) is 0 Å². The van der Waals surface area contributed by atoms with Gasteiger partial charge in [0.2, 0.25) is 0 Å². The van der Waals surface area contributed by atoms with Gasteiger partial charge in [0.1, 0.15) is 0 Å². The Morgan fingerprint density at radius 3 is 2.42 bits per heavy atom. The van der Waals surface area contributed by atoms with Gasteiger partial charge in [-0.15, -0.1) is 0 Å². The maximum Gasteiger partial charge on any atom is 0.175 e. The standard InChI is InChI=1S/C32H35NO4S/c1-38(36,37)28-16-15-24-13-8-14-30(34)29(21-26(24)20-28)31(25-11-6-3-7-12-25)32(35)17-18-33-27(22-32)19-23-9-4-2-5-10-23/h2-7,9-12,15-16,20-21,27,31,33,35H,8,13-14,17-19,22H2,1H3. The van der Waals surface area contributed by atoms with Crippen molar-refractivity contribution < 1.29 is 18.3 Å². The van der Waals surface area contributed by atoms with Crippen LogP contribution in [-0.2, 0) is 27.5 Å². The number of carbonyl (C=O) groups is 1. The summed E-state index contributed by atoms with van der Waals surface area (Å²) in [5.41, 5.74) is 3.29. The molecule has 6 heteroatoms. The molecular weight excluding hydrogens is 494 g/mol. The highest BCUT2D eigenvalue weighted by molar-refractivity contribution is 7.90. The Morgan fingerprint density at radius 1 is 1.00 bits per heavy atom. The van der Waals surface area contributed by atoms with Crippen LogP contribution in [0.25, 0.3) is 6.08 Å². The highest BCUT2D eigenvalue weighted by Crippen LogP contribution is 2.44. The molecule has 1 fully saturated rings. The number of nitrogens with one attached hydrogen (secondary N) is 1. The molecule has 2 N–H and O–H groups in total. The lowest BCUT2D eigenvalue weighted by molar-refractivity contribution is -0.117. The molecule has 1 aliphatic heterocycles. The molecule has 0 amide bonds. The van der Waals surface area contributed by atoms with Crippen LogP contribution >= 0.6 is 0 Å². The van der Waals surface area contributed by atoms with Crippen molar-refractivity contribution in [2.45, 2.75) is 61.0 Å². The van der Waals surface area contributed by atoms with Gasteiger partial charge >= 0.3 is 0 Å². The maximum absolute atomic E-state index is 13.7. The van der Waals surface area contributed by atoms with Crippen LogP contribution in [0, 0.1) is 0 Å². The first kappa shape index (κ1) is 26.5. The molecule has 1 aliphatic carbocycles. The molecule has 5 rings (SSSR count). The molecule has 1 saturated heterocycles. The lowest BCUT2D eigenvalue weighted by atomic mass is 9.68. The van der Waals surface area contributed by atoms with Crippen LogP contribution in [0.5, 0.6) is 0 Å². The quantitative estimate of drug-likeness (QED) is 0.475. The first-order valence-electron chi connectivity index (χ1n) is 13.4. The molecule has 0 radical (unpaired) electrons. The second-order valence-electron chi connectivity index (χ2n) is 10.8. The number of rotatable bonds is 6. The molecule has 2 aliphatic rings. The number of hydrogen-bond donors (Lipinski definition) is 2. The number of aliphatic hydroxyl groups is 1. The Balaban J connectivity index is 1.60. The highest BCUT2D eigenvalue weighted by Gasteiger charge is 2.45. The summed E-state index contributed by atoms with van der Waals surface area (Å²) in [6.45, 7) is 0.646. The van der Waals surface area contributed by atoms with Crippen LogP contribution in [-0.4, -0.2) is 43.8 Å². The van der Waals surface area contributed by atoms with Gasteiger partial charge in [0.05, 0.1) is 10.5 Å². The van der Waals surface area contributed by atoms with Gasteiger partial charge in [-0.3, -0.25) is 4.79 Å². The molecule has 3 aromatic rings. The van der Waals surface area contributed by atoms with E-state index in [4.69, 9.17) is 0 Å². The van der Waals surface area contributed by atoms with Gasteiger partial charge in [0, 0.05) is 30.2 Å². The molecule has 3 aromatic carbocycles. The zero-order valence-electron chi connectivity index (χ0n) is 21.8. The predicted octanol–water partition coefficient (Wildman–Crippen LogP) is 4.89. The first-order chi connectivity index (χ1) is 18.2. The normalized spacial score (nSPS) is 23.1. The number of sulfone groups is 1. The summed E-state index contributed by atoms with van der Waals surface area (Å²) in [6.07, 6.45) is 6.64. The Kier molecular flexibility index (Phi) is 7.66. The SMILES string of the molecule is CS(=O)(=O)c1ccc2c(c1)C=C(C(c1ccccc1)C1(O)CCNC(Cc3ccccc3)C1)C(=O)CCC2. The van der Waals surface area contributed by atoms with Gasteiger partial charge in [-0.25, -0.2) is 8.42 Å². The smallest absolute Gasteiger partial charge is 0.175 e. The summed E-state index contributed by atoms with van der Waals surface area (Å²) in [5.74, 6) is -0.509. The molecule has 0 bridgehead atoms. The van der Waals surface area contributed by atoms with Crippen LogP contribution in [0.1, 0.15) is 53.9 Å². The van der Waals surface area contributed by atoms with Crippen LogP contribution < -0.4 is 5.32 Å². The van der Waals surface area contributed by atoms with Crippen LogP contribution in [0.15, 0.2) is 89.3 Å². The van der Waals surface area contributed by atoms with E-state index in [0.717, 1.165) is 23.1 Å². The lowest BCUT2D eigenvalue weighted by Crippen LogP contribution is -2.52. The van der Waals surface area contributed by atoms with E-state index in [1.54, 1.807) is 12.1 Å². The topological polar surface area (TPSA) is 83.5 Å². The van der Waals surface area contributed by atoms with Crippen molar-refractivity contribution in [1.29, 1.82) is 0 Å². The fourth-order valence-corrected chi connectivity index (χ4v) is 6.72. The van der Waals surface area contributed by atoms with E-state index in [-0.39, 0.29) is 16.7 Å². The Morgan fingerprint density at radius 2 is 1.71 bits per heavy atom. The molecule has 5 nitrogen and oxygen atoms in total. The minimum atomic E-state index is -3.40. The summed E-state index contributed by atoms with van der Waals surface area (Å²) in [7, 11) is -3.40. The fourth-order valence-electron chi connectivity index (χ4n) is 6.07. The number of carbonyl (C=O) groups excluding carboxylic acids is 1. The van der Waals surface area contributed by atoms with E-state index in [2.05, 4.69) is 17.4 Å². The zero-order valence-corrected chi connectivity index (χ0v) is 22.6. The summed E-state index contributed by atoms with van der Waals surface area (Å²) in [4.78, 5) is 14.0. The fraction of sp³-hybridized carbons (Fsp3) is 0.344. The van der Waals surface area contributed by atoms with Crippen molar-refractivity contribution in [3.05, 3.63) is 107 Å². The second kappa shape index (κ2) is 11.0. The molecule has 0 aromatic heterocycles. The van der Waals surface area contributed by atoms with Crippen molar-refractivity contribution in [1.82, 2.24) is 5.32 Å². The highest BCUT2D eigenvalue weighted by atomic mass is 32.2. The van der Waals surface area contributed by atoms with E-state index in [1.807, 2.05) is 60.7 Å². The average Bonchev–Trinajstić information content (AvgIpc) is 2.88. The van der Waals surface area contributed by atoms with Gasteiger partial charge in [-0.05, 0) is 79.1 Å². The zero-order chi connectivity index (χ0) is 26.8. The average molecular weight is 530 g/mol. The lowest BCUT2D eigenvalue weighted by Gasteiger charge is -2.44. The monoisotopic (exact) mass is 529 g/mol. The van der Waals surface area contributed by atoms with E-state index >= 15 is 0 Å². The Bertz CT molecular complexity index is 1430. The second-order valence-corrected chi connectivity index (χ2v) is 12.8. The third kappa shape index (κ3) is 5.83. The third-order valence-corrected chi connectivity index (χ3v) is 9.04. The number of ketones is 1. The van der Waals surface area contributed by atoms with Gasteiger partial charge in [0.15, 0.2) is 15.6 Å².